The number of benzene rings is 1. The molecular weight excluding hydrogens is 514 g/mol. The Morgan fingerprint density at radius 3 is 2.60 bits per heavy atom. The van der Waals surface area contributed by atoms with E-state index >= 15 is 0 Å². The minimum atomic E-state index is -1.03. The summed E-state index contributed by atoms with van der Waals surface area (Å²) in [5, 5.41) is 2.67. The van der Waals surface area contributed by atoms with Crippen LogP contribution in [0.25, 0.3) is 0 Å². The van der Waals surface area contributed by atoms with Crippen LogP contribution in [0.1, 0.15) is 57.7 Å². The van der Waals surface area contributed by atoms with Crippen molar-refractivity contribution in [2.45, 2.75) is 72.3 Å². The quantitative estimate of drug-likeness (QED) is 0.326. The third-order valence-electron chi connectivity index (χ3n) is 7.13. The van der Waals surface area contributed by atoms with Crippen LogP contribution in [0.2, 0.25) is 0 Å². The summed E-state index contributed by atoms with van der Waals surface area (Å²) in [5.41, 5.74) is 1.22. The lowest BCUT2D eigenvalue weighted by atomic mass is 9.85. The van der Waals surface area contributed by atoms with E-state index in [4.69, 9.17) is 14.2 Å². The number of hydrogen-bond donors (Lipinski definition) is 1. The van der Waals surface area contributed by atoms with Gasteiger partial charge in [0, 0.05) is 18.5 Å². The third kappa shape index (κ3) is 6.34. The van der Waals surface area contributed by atoms with E-state index < -0.39 is 53.1 Å². The zero-order valence-corrected chi connectivity index (χ0v) is 23.8. The van der Waals surface area contributed by atoms with Gasteiger partial charge in [-0.05, 0) is 48.3 Å². The van der Waals surface area contributed by atoms with Crippen LogP contribution in [0, 0.1) is 34.5 Å². The van der Waals surface area contributed by atoms with Crippen molar-refractivity contribution in [1.29, 1.82) is 0 Å². The second kappa shape index (κ2) is 11.1. The first-order valence-corrected chi connectivity index (χ1v) is 13.2. The Morgan fingerprint density at radius 1 is 1.15 bits per heavy atom. The van der Waals surface area contributed by atoms with Crippen molar-refractivity contribution in [3.63, 3.8) is 0 Å². The maximum Gasteiger partial charge on any atom is 0.410 e. The fraction of sp³-hybridized carbons (Fsp3) is 0.533. The Labute approximate surface area is 234 Å². The standard InChI is InChI=1S/C30H35N3O7/c1-29(2,3)24-25(34)33-16-21(14-23(33)26(35)38-6)40-28(37)32-15-20-12-9-11-19(22(20)17-32)10-7-8-13-30(4,5)18-39-27(36)31-24/h9,11-12,21,23-24H,14-18H2,1-6H3,(H,31,36)/t21-,23+,24-/m1/s1. The average Bonchev–Trinajstić information content (AvgIpc) is 3.52. The predicted molar refractivity (Wildman–Crippen MR) is 144 cm³/mol. The number of amides is 3. The number of esters is 1. The Bertz CT molecular complexity index is 1340. The SMILES string of the molecule is COC(=O)[C@@H]1C[C@@H]2CN1C(=O)[C@H](C(C)(C)C)NC(=O)OCC(C)(C)C#CC#Cc1cccc3c1CN(C3)C(=O)O2. The summed E-state index contributed by atoms with van der Waals surface area (Å²) in [4.78, 5) is 55.3. The molecule has 3 aliphatic heterocycles. The van der Waals surface area contributed by atoms with Gasteiger partial charge in [-0.3, -0.25) is 9.69 Å². The Hall–Kier alpha value is -4.18. The van der Waals surface area contributed by atoms with E-state index in [2.05, 4.69) is 29.0 Å². The highest BCUT2D eigenvalue weighted by Gasteiger charge is 2.47. The van der Waals surface area contributed by atoms with Gasteiger partial charge in [-0.1, -0.05) is 44.7 Å². The van der Waals surface area contributed by atoms with Crippen LogP contribution < -0.4 is 5.32 Å². The van der Waals surface area contributed by atoms with Crippen LogP contribution in [0.3, 0.4) is 0 Å². The van der Waals surface area contributed by atoms with Gasteiger partial charge in [0.1, 0.15) is 24.8 Å². The van der Waals surface area contributed by atoms with Crippen molar-refractivity contribution in [3.05, 3.63) is 34.9 Å². The van der Waals surface area contributed by atoms with Gasteiger partial charge >= 0.3 is 18.2 Å². The molecule has 0 aliphatic carbocycles. The van der Waals surface area contributed by atoms with Crippen molar-refractivity contribution in [3.8, 4) is 23.7 Å². The van der Waals surface area contributed by atoms with Gasteiger partial charge in [0.15, 0.2) is 0 Å². The first kappa shape index (κ1) is 28.8. The zero-order valence-electron chi connectivity index (χ0n) is 23.8. The van der Waals surface area contributed by atoms with E-state index in [1.807, 2.05) is 32.0 Å². The molecule has 212 valence electrons. The molecule has 1 N–H and O–H groups in total. The molecule has 3 heterocycles. The van der Waals surface area contributed by atoms with Crippen LogP contribution >= 0.6 is 0 Å². The molecule has 10 nitrogen and oxygen atoms in total. The lowest BCUT2D eigenvalue weighted by molar-refractivity contribution is -0.152. The van der Waals surface area contributed by atoms with Gasteiger partial charge in [-0.2, -0.15) is 0 Å². The summed E-state index contributed by atoms with van der Waals surface area (Å²) in [5.74, 6) is 10.7. The Balaban J connectivity index is 1.69. The number of ether oxygens (including phenoxy) is 3. The lowest BCUT2D eigenvalue weighted by Gasteiger charge is -2.34. The summed E-state index contributed by atoms with van der Waals surface area (Å²) < 4.78 is 16.2. The molecule has 0 unspecified atom stereocenters. The molecule has 1 aromatic rings. The van der Waals surface area contributed by atoms with Gasteiger partial charge in [0.25, 0.3) is 0 Å². The van der Waals surface area contributed by atoms with Gasteiger partial charge < -0.3 is 24.4 Å². The van der Waals surface area contributed by atoms with Crippen molar-refractivity contribution in [2.24, 2.45) is 10.8 Å². The summed E-state index contributed by atoms with van der Waals surface area (Å²) in [7, 11) is 1.24. The highest BCUT2D eigenvalue weighted by atomic mass is 16.6. The maximum atomic E-state index is 13.8. The molecule has 1 saturated heterocycles. The van der Waals surface area contributed by atoms with E-state index in [0.717, 1.165) is 16.7 Å². The van der Waals surface area contributed by atoms with Crippen LogP contribution in [0.5, 0.6) is 0 Å². The summed E-state index contributed by atoms with van der Waals surface area (Å²) >= 11 is 0. The molecule has 40 heavy (non-hydrogen) atoms. The number of carbonyl (C=O) groups is 4. The average molecular weight is 550 g/mol. The fourth-order valence-electron chi connectivity index (χ4n) is 4.93. The number of nitrogens with one attached hydrogen (secondary N) is 1. The Morgan fingerprint density at radius 2 is 1.90 bits per heavy atom. The zero-order chi connectivity index (χ0) is 29.2. The van der Waals surface area contributed by atoms with Gasteiger partial charge in [-0.15, -0.1) is 0 Å². The van der Waals surface area contributed by atoms with Crippen LogP contribution in [0.4, 0.5) is 9.59 Å². The monoisotopic (exact) mass is 549 g/mol. The molecular formula is C30H35N3O7. The number of methoxy groups -OCH3 is 1. The third-order valence-corrected chi connectivity index (χ3v) is 7.13. The van der Waals surface area contributed by atoms with Gasteiger partial charge in [0.2, 0.25) is 5.91 Å². The molecule has 1 aromatic carbocycles. The van der Waals surface area contributed by atoms with E-state index in [0.29, 0.717) is 13.1 Å². The molecule has 4 rings (SSSR count). The highest BCUT2D eigenvalue weighted by Crippen LogP contribution is 2.30. The van der Waals surface area contributed by atoms with Crippen molar-refractivity contribution in [2.75, 3.05) is 20.3 Å². The summed E-state index contributed by atoms with van der Waals surface area (Å²) in [6, 6.07) is 3.69. The number of fused-ring (bicyclic) bond motifs is 3. The summed E-state index contributed by atoms with van der Waals surface area (Å²) in [6.07, 6.45) is -2.00. The van der Waals surface area contributed by atoms with Crippen molar-refractivity contribution >= 4 is 24.1 Å². The predicted octanol–water partition coefficient (Wildman–Crippen LogP) is 2.82. The second-order valence-corrected chi connectivity index (χ2v) is 12.0. The number of hydrogen-bond acceptors (Lipinski definition) is 7. The highest BCUT2D eigenvalue weighted by molar-refractivity contribution is 5.91. The van der Waals surface area contributed by atoms with Crippen molar-refractivity contribution in [1.82, 2.24) is 15.1 Å². The minimum absolute atomic E-state index is 0.0201. The molecule has 0 saturated carbocycles. The van der Waals surface area contributed by atoms with E-state index in [1.54, 1.807) is 25.7 Å². The fourth-order valence-corrected chi connectivity index (χ4v) is 4.93. The van der Waals surface area contributed by atoms with Gasteiger partial charge in [0.05, 0.1) is 25.6 Å². The second-order valence-electron chi connectivity index (χ2n) is 12.0. The maximum absolute atomic E-state index is 13.8. The molecule has 1 fully saturated rings. The number of rotatable bonds is 1. The molecule has 3 aliphatic rings. The van der Waals surface area contributed by atoms with Crippen molar-refractivity contribution < 1.29 is 33.4 Å². The molecule has 3 atom stereocenters. The Kier molecular flexibility index (Phi) is 8.02. The van der Waals surface area contributed by atoms with Crippen LogP contribution in [-0.4, -0.2) is 72.3 Å². The molecule has 3 amide bonds. The smallest absolute Gasteiger partial charge is 0.410 e. The lowest BCUT2D eigenvalue weighted by Crippen LogP contribution is -2.57. The molecule has 10 heteroatoms. The molecule has 4 bridgehead atoms. The number of carbonyl (C=O) groups excluding carboxylic acids is 4. The van der Waals surface area contributed by atoms with Gasteiger partial charge in [-0.25, -0.2) is 14.4 Å². The molecule has 0 radical (unpaired) electrons. The van der Waals surface area contributed by atoms with E-state index in [9.17, 15) is 19.2 Å². The first-order chi connectivity index (χ1) is 18.8. The molecule has 0 spiro atoms. The number of nitrogens with zero attached hydrogens (tertiary/aromatic N) is 2. The minimum Gasteiger partial charge on any atom is -0.467 e. The van der Waals surface area contributed by atoms with Crippen LogP contribution in [-0.2, 0) is 36.9 Å². The summed E-state index contributed by atoms with van der Waals surface area (Å²) in [6.45, 7) is 9.65. The number of cyclic esters (lactones) is 1. The first-order valence-electron chi connectivity index (χ1n) is 13.2. The largest absolute Gasteiger partial charge is 0.467 e. The normalized spacial score (nSPS) is 24.4. The van der Waals surface area contributed by atoms with Crippen LogP contribution in [0.15, 0.2) is 18.2 Å². The topological polar surface area (TPSA) is 114 Å². The van der Waals surface area contributed by atoms with E-state index in [1.165, 1.54) is 12.0 Å². The molecule has 0 aromatic heterocycles. The number of alkyl carbamates (subject to hydrolysis) is 1. The van der Waals surface area contributed by atoms with E-state index in [-0.39, 0.29) is 19.6 Å².